The second-order valence-corrected chi connectivity index (χ2v) is 14.5. The number of aromatic nitrogens is 1. The van der Waals surface area contributed by atoms with Crippen LogP contribution in [0.4, 0.5) is 17.1 Å². The predicted molar refractivity (Wildman–Crippen MR) is 213 cm³/mol. The first-order valence-corrected chi connectivity index (χ1v) is 18.1. The van der Waals surface area contributed by atoms with Crippen LogP contribution in [-0.2, 0) is 0 Å². The fourth-order valence-corrected chi connectivity index (χ4v) is 9.33. The third-order valence-corrected chi connectivity index (χ3v) is 11.8. The molecule has 2 heterocycles. The van der Waals surface area contributed by atoms with Crippen LogP contribution in [0.5, 0.6) is 0 Å². The summed E-state index contributed by atoms with van der Waals surface area (Å²) in [4.78, 5) is 7.38. The molecule has 0 aliphatic rings. The Morgan fingerprint density at radius 1 is 0.388 bits per heavy atom. The lowest BCUT2D eigenvalue weighted by Gasteiger charge is -2.26. The Bertz CT molecular complexity index is 2820. The Kier molecular flexibility index (Phi) is 6.57. The van der Waals surface area contributed by atoms with E-state index in [0.29, 0.717) is 0 Å². The van der Waals surface area contributed by atoms with Crippen molar-refractivity contribution in [3.63, 3.8) is 0 Å². The molecular weight excluding hydrogens is 633 g/mol. The number of thiophene rings is 1. The number of thiazole rings is 1. The lowest BCUT2D eigenvalue weighted by molar-refractivity contribution is 1.30. The zero-order valence-corrected chi connectivity index (χ0v) is 28.0. The van der Waals surface area contributed by atoms with Crippen LogP contribution in [0.15, 0.2) is 170 Å². The Hall–Kier alpha value is -5.81. The molecule has 230 valence electrons. The third kappa shape index (κ3) is 4.80. The summed E-state index contributed by atoms with van der Waals surface area (Å²) >= 11 is 3.63. The van der Waals surface area contributed by atoms with E-state index in [0.717, 1.165) is 33.1 Å². The highest BCUT2D eigenvalue weighted by atomic mass is 32.1. The zero-order valence-electron chi connectivity index (χ0n) is 26.4. The van der Waals surface area contributed by atoms with Crippen LogP contribution in [0.1, 0.15) is 0 Å². The van der Waals surface area contributed by atoms with E-state index < -0.39 is 0 Å². The van der Waals surface area contributed by atoms with E-state index in [4.69, 9.17) is 4.98 Å². The number of benzene rings is 8. The summed E-state index contributed by atoms with van der Waals surface area (Å²) in [5.41, 5.74) is 8.04. The van der Waals surface area contributed by atoms with Crippen LogP contribution < -0.4 is 4.90 Å². The minimum absolute atomic E-state index is 1.05. The molecule has 0 saturated heterocycles. The van der Waals surface area contributed by atoms with E-state index in [1.54, 1.807) is 11.3 Å². The maximum Gasteiger partial charge on any atom is 0.124 e. The quantitative estimate of drug-likeness (QED) is 0.171. The smallest absolute Gasteiger partial charge is 0.124 e. The summed E-state index contributed by atoms with van der Waals surface area (Å²) < 4.78 is 3.84. The zero-order chi connectivity index (χ0) is 32.3. The minimum Gasteiger partial charge on any atom is -0.310 e. The summed E-state index contributed by atoms with van der Waals surface area (Å²) in [7, 11) is 0. The number of anilines is 3. The van der Waals surface area contributed by atoms with Crippen molar-refractivity contribution in [2.45, 2.75) is 0 Å². The molecular formula is C45H28N2S2. The molecule has 2 aromatic heterocycles. The summed E-state index contributed by atoms with van der Waals surface area (Å²) in [5, 5.41) is 8.65. The van der Waals surface area contributed by atoms with Crippen molar-refractivity contribution in [2.75, 3.05) is 4.90 Å². The summed E-state index contributed by atoms with van der Waals surface area (Å²) in [6, 6.07) is 61.5. The van der Waals surface area contributed by atoms with Gasteiger partial charge in [0.2, 0.25) is 0 Å². The number of fused-ring (bicyclic) bond motifs is 8. The molecule has 0 amide bonds. The number of nitrogens with zero attached hydrogens (tertiary/aromatic N) is 2. The Balaban J connectivity index is 1.12. The molecule has 0 unspecified atom stereocenters. The molecule has 4 heteroatoms. The molecule has 0 radical (unpaired) electrons. The van der Waals surface area contributed by atoms with Gasteiger partial charge in [-0.1, -0.05) is 121 Å². The van der Waals surface area contributed by atoms with Gasteiger partial charge in [0.15, 0.2) is 0 Å². The van der Waals surface area contributed by atoms with Crippen molar-refractivity contribution in [3.05, 3.63) is 170 Å². The van der Waals surface area contributed by atoms with Crippen molar-refractivity contribution in [3.8, 4) is 21.7 Å². The van der Waals surface area contributed by atoms with E-state index in [-0.39, 0.29) is 0 Å². The first-order chi connectivity index (χ1) is 24.3. The molecule has 0 aliphatic heterocycles. The largest absolute Gasteiger partial charge is 0.310 e. The molecule has 0 spiro atoms. The van der Waals surface area contributed by atoms with Gasteiger partial charge in [0.25, 0.3) is 0 Å². The molecule has 0 atom stereocenters. The van der Waals surface area contributed by atoms with E-state index in [9.17, 15) is 0 Å². The van der Waals surface area contributed by atoms with Gasteiger partial charge in [0.1, 0.15) is 5.01 Å². The molecule has 10 rings (SSSR count). The first-order valence-electron chi connectivity index (χ1n) is 16.5. The van der Waals surface area contributed by atoms with Crippen LogP contribution in [0.2, 0.25) is 0 Å². The van der Waals surface area contributed by atoms with Gasteiger partial charge in [0, 0.05) is 48.2 Å². The van der Waals surface area contributed by atoms with Crippen LogP contribution in [0, 0.1) is 0 Å². The van der Waals surface area contributed by atoms with E-state index in [1.807, 2.05) is 11.3 Å². The van der Waals surface area contributed by atoms with Crippen LogP contribution in [0.3, 0.4) is 0 Å². The second-order valence-electron chi connectivity index (χ2n) is 12.4. The van der Waals surface area contributed by atoms with Crippen LogP contribution in [0.25, 0.3) is 73.6 Å². The SMILES string of the molecule is c1ccc(-c2ccc(N(c3ccc4c(ccc5c4ccc4nc(-c6ccccc6)sc45)c3)c3ccc4c(c3)sc3ccccc34)cc2)cc1. The number of hydrogen-bond donors (Lipinski definition) is 0. The van der Waals surface area contributed by atoms with Gasteiger partial charge >= 0.3 is 0 Å². The fraction of sp³-hybridized carbons (Fsp3) is 0. The highest BCUT2D eigenvalue weighted by Crippen LogP contribution is 2.43. The number of hydrogen-bond acceptors (Lipinski definition) is 4. The van der Waals surface area contributed by atoms with Crippen molar-refractivity contribution in [2.24, 2.45) is 0 Å². The highest BCUT2D eigenvalue weighted by molar-refractivity contribution is 7.25. The van der Waals surface area contributed by atoms with Gasteiger partial charge in [0.05, 0.1) is 10.2 Å². The molecule has 0 fully saturated rings. The maximum atomic E-state index is 4.99. The van der Waals surface area contributed by atoms with Gasteiger partial charge in [-0.05, 0) is 75.8 Å². The topological polar surface area (TPSA) is 16.1 Å². The summed E-state index contributed by atoms with van der Waals surface area (Å²) in [5.74, 6) is 0. The lowest BCUT2D eigenvalue weighted by atomic mass is 10.0. The minimum atomic E-state index is 1.05. The molecule has 10 aromatic rings. The van der Waals surface area contributed by atoms with Gasteiger partial charge < -0.3 is 4.90 Å². The van der Waals surface area contributed by atoms with Gasteiger partial charge in [-0.15, -0.1) is 22.7 Å². The van der Waals surface area contributed by atoms with Gasteiger partial charge in [-0.3, -0.25) is 0 Å². The van der Waals surface area contributed by atoms with E-state index in [1.165, 1.54) is 57.5 Å². The second kappa shape index (κ2) is 11.4. The standard InChI is InChI=1S/C45H28N2S2/c1-3-9-29(10-4-1)30-15-18-33(19-16-30)47(35-21-24-39-38-13-7-8-14-42(38)48-43(39)28-35)34-20-23-36-32(27-34)17-22-40-37(36)25-26-41-44(40)49-45(46-41)31-11-5-2-6-12-31/h1-28H. The predicted octanol–water partition coefficient (Wildman–Crippen LogP) is 13.8. The average molecular weight is 661 g/mol. The summed E-state index contributed by atoms with van der Waals surface area (Å²) in [6.45, 7) is 0. The van der Waals surface area contributed by atoms with Crippen molar-refractivity contribution in [1.82, 2.24) is 4.98 Å². The fourth-order valence-electron chi connectivity index (χ4n) is 7.10. The Morgan fingerprint density at radius 2 is 1.00 bits per heavy atom. The molecule has 49 heavy (non-hydrogen) atoms. The molecule has 8 aromatic carbocycles. The first kappa shape index (κ1) is 28.2. The average Bonchev–Trinajstić information content (AvgIpc) is 3.78. The molecule has 0 N–H and O–H groups in total. The highest BCUT2D eigenvalue weighted by Gasteiger charge is 2.17. The molecule has 0 bridgehead atoms. The van der Waals surface area contributed by atoms with Gasteiger partial charge in [-0.25, -0.2) is 4.98 Å². The third-order valence-electron chi connectivity index (χ3n) is 9.48. The monoisotopic (exact) mass is 660 g/mol. The molecule has 0 saturated carbocycles. The van der Waals surface area contributed by atoms with Crippen LogP contribution in [-0.4, -0.2) is 4.98 Å². The Labute approximate surface area is 291 Å². The normalized spacial score (nSPS) is 11.7. The summed E-state index contributed by atoms with van der Waals surface area (Å²) in [6.07, 6.45) is 0. The van der Waals surface area contributed by atoms with E-state index >= 15 is 0 Å². The van der Waals surface area contributed by atoms with Crippen molar-refractivity contribution >= 4 is 91.7 Å². The van der Waals surface area contributed by atoms with Gasteiger partial charge in [-0.2, -0.15) is 0 Å². The van der Waals surface area contributed by atoms with Crippen molar-refractivity contribution in [1.29, 1.82) is 0 Å². The Morgan fingerprint density at radius 3 is 1.82 bits per heavy atom. The lowest BCUT2D eigenvalue weighted by Crippen LogP contribution is -2.09. The molecule has 2 nitrogen and oxygen atoms in total. The molecule has 0 aliphatic carbocycles. The van der Waals surface area contributed by atoms with Crippen molar-refractivity contribution < 1.29 is 0 Å². The number of rotatable bonds is 5. The van der Waals surface area contributed by atoms with Crippen LogP contribution >= 0.6 is 22.7 Å². The van der Waals surface area contributed by atoms with E-state index in [2.05, 4.69) is 175 Å². The maximum absolute atomic E-state index is 4.99.